The lowest BCUT2D eigenvalue weighted by Crippen LogP contribution is -2.25. The van der Waals surface area contributed by atoms with Gasteiger partial charge in [0.05, 0.1) is 92.3 Å². The molecule has 1 atom stereocenters. The highest BCUT2D eigenvalue weighted by Crippen LogP contribution is 2.50. The number of benzene rings is 4. The second-order valence-electron chi connectivity index (χ2n) is 22.3. The van der Waals surface area contributed by atoms with Crippen LogP contribution in [-0.2, 0) is 29.6 Å². The fourth-order valence-corrected chi connectivity index (χ4v) is 15.9. The molecular weight excluding hydrogens is 1140 g/mol. The van der Waals surface area contributed by atoms with Gasteiger partial charge in [0.2, 0.25) is 11.9 Å². The number of likely N-dealkylation sites (N-methyl/N-ethyl adjacent to an activating group) is 2. The molecular formula is C60H59N19O4P2S. The van der Waals surface area contributed by atoms with Crippen LogP contribution in [0.4, 0.5) is 57.7 Å². The number of aromatic amines is 1. The summed E-state index contributed by atoms with van der Waals surface area (Å²) in [4.78, 5) is 46.7. The van der Waals surface area contributed by atoms with Crippen molar-refractivity contribution in [3.05, 3.63) is 120 Å². The third kappa shape index (κ3) is 9.26. The topological polar surface area (TPSA) is 262 Å². The highest BCUT2D eigenvalue weighted by molar-refractivity contribution is 7.71. The summed E-state index contributed by atoms with van der Waals surface area (Å²) in [5.74, 6) is 2.46. The third-order valence-electron chi connectivity index (χ3n) is 16.1. The quantitative estimate of drug-likeness (QED) is 0.0672. The Hall–Kier alpha value is -9.50. The van der Waals surface area contributed by atoms with Gasteiger partial charge in [0, 0.05) is 142 Å². The van der Waals surface area contributed by atoms with Crippen LogP contribution in [0.15, 0.2) is 103 Å². The SMILES string of the molecule is COc1cc2c(cc1Nc1nc(Nc3ccc4nccnc4c3P(C)(C)=O)c3cc[nH]c3n1)-c1cnn(C)c1C(c1csc3c(Nc4ccc5nccnc5c4P(C)(C)=O)nc(Nc4cc5c(cc4OC)N(C)CCc4c-5cnn4C)nc13)CN2C. The van der Waals surface area contributed by atoms with Crippen LogP contribution in [0.5, 0.6) is 11.5 Å². The van der Waals surface area contributed by atoms with Crippen molar-refractivity contribution < 1.29 is 18.6 Å². The molecule has 10 heterocycles. The lowest BCUT2D eigenvalue weighted by Gasteiger charge is -2.25. The van der Waals surface area contributed by atoms with Crippen LogP contribution in [-0.4, -0.2) is 132 Å². The molecule has 0 amide bonds. The van der Waals surface area contributed by atoms with Crippen molar-refractivity contribution in [2.75, 3.05) is 99.1 Å². The number of hydrogen-bond acceptors (Lipinski definition) is 21. The maximum Gasteiger partial charge on any atom is 0.231 e. The van der Waals surface area contributed by atoms with E-state index in [1.165, 1.54) is 11.3 Å². The number of nitrogens with zero attached hydrogens (tertiary/aromatic N) is 14. The molecule has 0 fully saturated rings. The Morgan fingerprint density at radius 1 is 0.605 bits per heavy atom. The zero-order valence-corrected chi connectivity index (χ0v) is 51.3. The van der Waals surface area contributed by atoms with Gasteiger partial charge in [0.1, 0.15) is 48.3 Å². The van der Waals surface area contributed by atoms with Crippen molar-refractivity contribution in [1.82, 2.24) is 64.4 Å². The number of thiophene rings is 1. The molecule has 12 aromatic rings. The molecule has 5 N–H and O–H groups in total. The van der Waals surface area contributed by atoms with E-state index in [-0.39, 0.29) is 11.9 Å². The lowest BCUT2D eigenvalue weighted by atomic mass is 9.93. The first kappa shape index (κ1) is 54.4. The molecule has 2 aliphatic rings. The molecule has 26 heteroatoms. The monoisotopic (exact) mass is 1200 g/mol. The minimum Gasteiger partial charge on any atom is -0.494 e. The number of hydrogen-bond donors (Lipinski definition) is 5. The predicted molar refractivity (Wildman–Crippen MR) is 344 cm³/mol. The molecule has 0 aliphatic carbocycles. The van der Waals surface area contributed by atoms with Crippen LogP contribution < -0.4 is 51.1 Å². The van der Waals surface area contributed by atoms with Crippen molar-refractivity contribution in [2.45, 2.75) is 12.3 Å². The molecule has 14 rings (SSSR count). The van der Waals surface area contributed by atoms with Crippen molar-refractivity contribution >= 4 is 137 Å². The molecule has 1 unspecified atom stereocenters. The van der Waals surface area contributed by atoms with Gasteiger partial charge in [0.15, 0.2) is 5.82 Å². The van der Waals surface area contributed by atoms with Gasteiger partial charge in [-0.05, 0) is 74.5 Å². The van der Waals surface area contributed by atoms with Crippen molar-refractivity contribution in [3.63, 3.8) is 0 Å². The summed E-state index contributed by atoms with van der Waals surface area (Å²) in [5.41, 5.74) is 15.0. The summed E-state index contributed by atoms with van der Waals surface area (Å²) in [7, 11) is 5.54. The average molecular weight is 1200 g/mol. The summed E-state index contributed by atoms with van der Waals surface area (Å²) in [6, 6.07) is 17.6. The van der Waals surface area contributed by atoms with E-state index in [1.54, 1.807) is 71.9 Å². The lowest BCUT2D eigenvalue weighted by molar-refractivity contribution is 0.417. The standard InChI is InChI=1S/C60H59N19O4P2S/c1-76-22-16-44-34(27-66-78(44)3)32-23-42(47(82-5)25-45(32)76)70-59-72-49-37(30-86-55(49)58(75-59)69-41-14-12-39-51(64-21-19-62-39)54(41)85(9,10)81)36-29-77(2)46-26-48(83-6)43(24-33(46)35-28-67-79(4)52(35)36)71-60-73-56-31(15-17-65-56)57(74-60)68-40-13-11-38-50(63-20-18-61-38)53(40)84(7,8)80/h11-15,17-21,23-28,30,36H,16,22,29H2,1-10H3,(H2,69,70,72,75)(H3,65,68,71,73,74). The Bertz CT molecular complexity index is 4850. The molecule has 0 bridgehead atoms. The maximum atomic E-state index is 14.3. The van der Waals surface area contributed by atoms with Crippen molar-refractivity contribution in [2.24, 2.45) is 14.1 Å². The fourth-order valence-electron chi connectivity index (χ4n) is 12.1. The fraction of sp³-hybridized carbons (Fsp3) is 0.233. The zero-order chi connectivity index (χ0) is 59.5. The molecule has 0 radical (unpaired) electrons. The number of aryl methyl sites for hydroxylation is 2. The van der Waals surface area contributed by atoms with E-state index in [0.717, 1.165) is 73.6 Å². The summed E-state index contributed by atoms with van der Waals surface area (Å²) in [6.45, 7) is 8.26. The van der Waals surface area contributed by atoms with Crippen LogP contribution >= 0.6 is 25.6 Å². The Morgan fingerprint density at radius 3 is 1.81 bits per heavy atom. The summed E-state index contributed by atoms with van der Waals surface area (Å²) in [5, 5.41) is 27.9. The van der Waals surface area contributed by atoms with E-state index in [1.807, 2.05) is 78.3 Å². The van der Waals surface area contributed by atoms with Gasteiger partial charge in [-0.2, -0.15) is 25.1 Å². The minimum absolute atomic E-state index is 0.283. The van der Waals surface area contributed by atoms with Crippen LogP contribution in [0.25, 0.3) is 65.6 Å². The second-order valence-corrected chi connectivity index (χ2v) is 29.5. The summed E-state index contributed by atoms with van der Waals surface area (Å²) < 4.78 is 45.2. The first-order valence-electron chi connectivity index (χ1n) is 27.6. The number of nitrogens with one attached hydrogen (secondary N) is 5. The number of rotatable bonds is 13. The minimum atomic E-state index is -2.98. The molecule has 8 aromatic heterocycles. The number of methoxy groups -OCH3 is 2. The highest BCUT2D eigenvalue weighted by atomic mass is 32.1. The zero-order valence-electron chi connectivity index (χ0n) is 48.7. The van der Waals surface area contributed by atoms with Gasteiger partial charge in [-0.3, -0.25) is 29.3 Å². The Morgan fingerprint density at radius 2 is 1.17 bits per heavy atom. The predicted octanol–water partition coefficient (Wildman–Crippen LogP) is 10.7. The first-order chi connectivity index (χ1) is 41.4. The number of H-pyrrole nitrogens is 1. The number of fused-ring (bicyclic) bond motifs is 10. The van der Waals surface area contributed by atoms with Gasteiger partial charge >= 0.3 is 0 Å². The van der Waals surface area contributed by atoms with Crippen LogP contribution in [0.1, 0.15) is 22.9 Å². The van der Waals surface area contributed by atoms with E-state index >= 15 is 0 Å². The van der Waals surface area contributed by atoms with E-state index in [0.29, 0.717) is 102 Å². The van der Waals surface area contributed by atoms with Gasteiger partial charge in [-0.25, -0.2) is 4.98 Å². The van der Waals surface area contributed by atoms with Crippen LogP contribution in [0, 0.1) is 0 Å². The van der Waals surface area contributed by atoms with Gasteiger partial charge in [-0.15, -0.1) is 11.3 Å². The van der Waals surface area contributed by atoms with Crippen LogP contribution in [0.2, 0.25) is 0 Å². The Balaban J connectivity index is 0.882. The molecule has 434 valence electrons. The van der Waals surface area contributed by atoms with Gasteiger partial charge < -0.3 is 54.7 Å². The molecule has 86 heavy (non-hydrogen) atoms. The van der Waals surface area contributed by atoms with E-state index in [2.05, 4.69) is 92.7 Å². The maximum absolute atomic E-state index is 14.3. The summed E-state index contributed by atoms with van der Waals surface area (Å²) >= 11 is 1.53. The van der Waals surface area contributed by atoms with E-state index < -0.39 is 14.3 Å². The molecule has 2 aliphatic heterocycles. The van der Waals surface area contributed by atoms with Gasteiger partial charge in [0.25, 0.3) is 0 Å². The Labute approximate surface area is 497 Å². The molecule has 23 nitrogen and oxygen atoms in total. The smallest absolute Gasteiger partial charge is 0.231 e. The second kappa shape index (κ2) is 20.6. The van der Waals surface area contributed by atoms with Crippen molar-refractivity contribution in [1.29, 1.82) is 0 Å². The molecule has 0 saturated heterocycles. The largest absolute Gasteiger partial charge is 0.494 e. The van der Waals surface area contributed by atoms with Gasteiger partial charge in [-0.1, -0.05) is 0 Å². The molecule has 0 spiro atoms. The van der Waals surface area contributed by atoms with Crippen LogP contribution in [0.3, 0.4) is 0 Å². The highest BCUT2D eigenvalue weighted by Gasteiger charge is 2.35. The molecule has 0 saturated carbocycles. The number of anilines is 10. The summed E-state index contributed by atoms with van der Waals surface area (Å²) in [6.07, 6.45) is 12.9. The number of ether oxygens (including phenoxy) is 2. The Kier molecular flexibility index (Phi) is 13.1. The molecule has 4 aromatic carbocycles. The normalized spacial score (nSPS) is 14.2. The third-order valence-corrected chi connectivity index (χ3v) is 20.1. The van der Waals surface area contributed by atoms with E-state index in [9.17, 15) is 9.13 Å². The van der Waals surface area contributed by atoms with E-state index in [4.69, 9.17) is 34.5 Å². The number of aromatic nitrogens is 13. The van der Waals surface area contributed by atoms with Crippen molar-refractivity contribution in [3.8, 4) is 33.8 Å². The average Bonchev–Trinajstić information content (AvgIpc) is 1.62. The first-order valence-corrected chi connectivity index (χ1v) is 33.7.